The Morgan fingerprint density at radius 3 is 2.56 bits per heavy atom. The molecule has 0 spiro atoms. The second-order valence-electron chi connectivity index (χ2n) is 5.97. The normalized spacial score (nSPS) is 21.5. The topological polar surface area (TPSA) is 29.3 Å². The van der Waals surface area contributed by atoms with Crippen LogP contribution in [0.3, 0.4) is 0 Å². The van der Waals surface area contributed by atoms with E-state index in [2.05, 4.69) is 50.8 Å². The first-order valence-electron chi connectivity index (χ1n) is 7.14. The number of rotatable bonds is 3. The highest BCUT2D eigenvalue weighted by Crippen LogP contribution is 2.41. The molecule has 0 aromatic heterocycles. The lowest BCUT2D eigenvalue weighted by atomic mass is 9.71. The van der Waals surface area contributed by atoms with E-state index in [-0.39, 0.29) is 11.5 Å². The van der Waals surface area contributed by atoms with Gasteiger partial charge in [-0.15, -0.1) is 0 Å². The summed E-state index contributed by atoms with van der Waals surface area (Å²) < 4.78 is 0. The predicted octanol–water partition coefficient (Wildman–Crippen LogP) is 3.60. The summed E-state index contributed by atoms with van der Waals surface area (Å²) in [6, 6.07) is 7.06. The summed E-state index contributed by atoms with van der Waals surface area (Å²) in [5, 5.41) is 0. The molecule has 1 unspecified atom stereocenters. The monoisotopic (exact) mass is 246 g/mol. The van der Waals surface area contributed by atoms with Gasteiger partial charge in [0.15, 0.2) is 0 Å². The van der Waals surface area contributed by atoms with Gasteiger partial charge < -0.3 is 10.6 Å². The van der Waals surface area contributed by atoms with Crippen molar-refractivity contribution in [1.82, 2.24) is 0 Å². The Balaban J connectivity index is 2.46. The standard InChI is InChI=1S/C16H26N2/c1-5-18(6-2)12-7-8-13-14(11-12)16(3,4)10-9-15(13)17/h7-8,11,15H,5-6,9-10,17H2,1-4H3. The maximum Gasteiger partial charge on any atom is 0.0369 e. The van der Waals surface area contributed by atoms with E-state index in [0.29, 0.717) is 0 Å². The number of hydrogen-bond donors (Lipinski definition) is 1. The van der Waals surface area contributed by atoms with Crippen molar-refractivity contribution in [3.8, 4) is 0 Å². The Morgan fingerprint density at radius 1 is 1.28 bits per heavy atom. The molecule has 0 aliphatic heterocycles. The molecule has 2 heteroatoms. The molecule has 1 aromatic rings. The highest BCUT2D eigenvalue weighted by atomic mass is 15.1. The molecule has 0 bridgehead atoms. The smallest absolute Gasteiger partial charge is 0.0369 e. The van der Waals surface area contributed by atoms with E-state index in [0.717, 1.165) is 19.5 Å². The van der Waals surface area contributed by atoms with Gasteiger partial charge in [0, 0.05) is 24.8 Å². The van der Waals surface area contributed by atoms with Crippen LogP contribution in [0.2, 0.25) is 0 Å². The number of anilines is 1. The molecule has 0 fully saturated rings. The third-order valence-corrected chi connectivity index (χ3v) is 4.37. The van der Waals surface area contributed by atoms with Gasteiger partial charge in [-0.2, -0.15) is 0 Å². The molecule has 0 saturated heterocycles. The van der Waals surface area contributed by atoms with Crippen molar-refractivity contribution >= 4 is 5.69 Å². The van der Waals surface area contributed by atoms with Gasteiger partial charge in [0.25, 0.3) is 0 Å². The number of fused-ring (bicyclic) bond motifs is 1. The Bertz CT molecular complexity index is 419. The molecule has 2 rings (SSSR count). The second-order valence-corrected chi connectivity index (χ2v) is 5.97. The van der Waals surface area contributed by atoms with Gasteiger partial charge in [0.1, 0.15) is 0 Å². The van der Waals surface area contributed by atoms with Crippen molar-refractivity contribution in [2.24, 2.45) is 5.73 Å². The van der Waals surface area contributed by atoms with Crippen LogP contribution >= 0.6 is 0 Å². The molecule has 1 aromatic carbocycles. The van der Waals surface area contributed by atoms with Gasteiger partial charge in [-0.05, 0) is 55.4 Å². The minimum atomic E-state index is 0.221. The Labute approximate surface area is 111 Å². The first kappa shape index (κ1) is 13.4. The van der Waals surface area contributed by atoms with E-state index in [9.17, 15) is 0 Å². The van der Waals surface area contributed by atoms with Crippen molar-refractivity contribution in [2.45, 2.75) is 52.0 Å². The fourth-order valence-corrected chi connectivity index (χ4v) is 3.05. The van der Waals surface area contributed by atoms with Crippen LogP contribution in [0.15, 0.2) is 18.2 Å². The molecular formula is C16H26N2. The average molecular weight is 246 g/mol. The van der Waals surface area contributed by atoms with Gasteiger partial charge in [0.05, 0.1) is 0 Å². The lowest BCUT2D eigenvalue weighted by Crippen LogP contribution is -2.30. The molecule has 2 nitrogen and oxygen atoms in total. The Morgan fingerprint density at radius 2 is 1.94 bits per heavy atom. The van der Waals surface area contributed by atoms with E-state index < -0.39 is 0 Å². The van der Waals surface area contributed by atoms with E-state index in [4.69, 9.17) is 5.73 Å². The maximum atomic E-state index is 6.25. The SMILES string of the molecule is CCN(CC)c1ccc2c(c1)C(C)(C)CCC2N. The van der Waals surface area contributed by atoms with Gasteiger partial charge in [-0.25, -0.2) is 0 Å². The lowest BCUT2D eigenvalue weighted by molar-refractivity contribution is 0.396. The summed E-state index contributed by atoms with van der Waals surface area (Å²) in [4.78, 5) is 2.40. The first-order chi connectivity index (χ1) is 8.49. The molecule has 1 atom stereocenters. The lowest BCUT2D eigenvalue weighted by Gasteiger charge is -2.37. The summed E-state index contributed by atoms with van der Waals surface area (Å²) in [6.07, 6.45) is 2.29. The summed E-state index contributed by atoms with van der Waals surface area (Å²) in [7, 11) is 0. The molecule has 2 N–H and O–H groups in total. The summed E-state index contributed by atoms with van der Waals surface area (Å²) in [5.74, 6) is 0. The second kappa shape index (κ2) is 4.93. The van der Waals surface area contributed by atoms with Gasteiger partial charge in [0.2, 0.25) is 0 Å². The van der Waals surface area contributed by atoms with Crippen LogP contribution in [-0.4, -0.2) is 13.1 Å². The minimum Gasteiger partial charge on any atom is -0.372 e. The predicted molar refractivity (Wildman–Crippen MR) is 79.2 cm³/mol. The Hall–Kier alpha value is -1.02. The van der Waals surface area contributed by atoms with Crippen LogP contribution in [0.1, 0.15) is 57.7 Å². The van der Waals surface area contributed by atoms with Crippen LogP contribution in [0.4, 0.5) is 5.69 Å². The summed E-state index contributed by atoms with van der Waals surface area (Å²) in [5.41, 5.74) is 10.6. The van der Waals surface area contributed by atoms with Crippen molar-refractivity contribution in [2.75, 3.05) is 18.0 Å². The number of nitrogens with zero attached hydrogens (tertiary/aromatic N) is 1. The largest absolute Gasteiger partial charge is 0.372 e. The van der Waals surface area contributed by atoms with Crippen LogP contribution in [0.5, 0.6) is 0 Å². The van der Waals surface area contributed by atoms with Crippen molar-refractivity contribution < 1.29 is 0 Å². The van der Waals surface area contributed by atoms with E-state index in [1.54, 1.807) is 0 Å². The van der Waals surface area contributed by atoms with Crippen LogP contribution < -0.4 is 10.6 Å². The highest BCUT2D eigenvalue weighted by molar-refractivity contribution is 5.54. The van der Waals surface area contributed by atoms with Gasteiger partial charge in [-0.3, -0.25) is 0 Å². The molecule has 18 heavy (non-hydrogen) atoms. The number of hydrogen-bond acceptors (Lipinski definition) is 2. The Kier molecular flexibility index (Phi) is 3.67. The zero-order valence-electron chi connectivity index (χ0n) is 12.2. The third-order valence-electron chi connectivity index (χ3n) is 4.37. The molecule has 1 aliphatic rings. The molecular weight excluding hydrogens is 220 g/mol. The summed E-state index contributed by atoms with van der Waals surface area (Å²) >= 11 is 0. The molecule has 0 amide bonds. The number of nitrogens with two attached hydrogens (primary N) is 1. The fourth-order valence-electron chi connectivity index (χ4n) is 3.05. The van der Waals surface area contributed by atoms with E-state index in [1.165, 1.54) is 23.2 Å². The summed E-state index contributed by atoms with van der Waals surface area (Å²) in [6.45, 7) is 11.2. The zero-order valence-corrected chi connectivity index (χ0v) is 12.2. The molecule has 0 heterocycles. The van der Waals surface area contributed by atoms with Crippen molar-refractivity contribution in [3.05, 3.63) is 29.3 Å². The quantitative estimate of drug-likeness (QED) is 0.883. The van der Waals surface area contributed by atoms with Crippen LogP contribution in [-0.2, 0) is 5.41 Å². The first-order valence-corrected chi connectivity index (χ1v) is 7.14. The number of benzene rings is 1. The average Bonchev–Trinajstić information content (AvgIpc) is 2.36. The van der Waals surface area contributed by atoms with E-state index in [1.807, 2.05) is 0 Å². The maximum absolute atomic E-state index is 6.25. The van der Waals surface area contributed by atoms with Gasteiger partial charge >= 0.3 is 0 Å². The highest BCUT2D eigenvalue weighted by Gasteiger charge is 2.31. The third kappa shape index (κ3) is 2.26. The van der Waals surface area contributed by atoms with Crippen LogP contribution in [0.25, 0.3) is 0 Å². The van der Waals surface area contributed by atoms with Crippen LogP contribution in [0, 0.1) is 0 Å². The van der Waals surface area contributed by atoms with E-state index >= 15 is 0 Å². The molecule has 0 radical (unpaired) electrons. The molecule has 100 valence electrons. The minimum absolute atomic E-state index is 0.221. The fraction of sp³-hybridized carbons (Fsp3) is 0.625. The van der Waals surface area contributed by atoms with Crippen molar-refractivity contribution in [1.29, 1.82) is 0 Å². The molecule has 1 aliphatic carbocycles. The molecule has 0 saturated carbocycles. The van der Waals surface area contributed by atoms with Crippen molar-refractivity contribution in [3.63, 3.8) is 0 Å². The zero-order chi connectivity index (χ0) is 13.3. The van der Waals surface area contributed by atoms with Gasteiger partial charge in [-0.1, -0.05) is 19.9 Å².